The maximum absolute atomic E-state index is 12.6. The Balaban J connectivity index is 1.37. The minimum absolute atomic E-state index is 0.0361. The van der Waals surface area contributed by atoms with Crippen LogP contribution in [0.3, 0.4) is 0 Å². The minimum atomic E-state index is 0.0361. The van der Waals surface area contributed by atoms with Gasteiger partial charge in [-0.3, -0.25) is 19.7 Å². The van der Waals surface area contributed by atoms with Crippen LogP contribution in [0.25, 0.3) is 5.69 Å². The van der Waals surface area contributed by atoms with Gasteiger partial charge in [-0.1, -0.05) is 0 Å². The molecule has 3 aromatic heterocycles. The van der Waals surface area contributed by atoms with Crippen molar-refractivity contribution in [2.24, 2.45) is 0 Å². The number of pyridine rings is 1. The Kier molecular flexibility index (Phi) is 4.89. The molecule has 0 bridgehead atoms. The van der Waals surface area contributed by atoms with Gasteiger partial charge in [-0.25, -0.2) is 4.98 Å². The fraction of sp³-hybridized carbons (Fsp3) is 0.409. The van der Waals surface area contributed by atoms with Crippen LogP contribution in [0, 0.1) is 0 Å². The van der Waals surface area contributed by atoms with E-state index >= 15 is 0 Å². The van der Waals surface area contributed by atoms with Crippen molar-refractivity contribution >= 4 is 5.95 Å². The van der Waals surface area contributed by atoms with Crippen molar-refractivity contribution in [3.8, 4) is 5.69 Å². The second kappa shape index (κ2) is 7.83. The van der Waals surface area contributed by atoms with E-state index in [0.717, 1.165) is 68.3 Å². The summed E-state index contributed by atoms with van der Waals surface area (Å²) in [6.07, 6.45) is 10.1. The van der Waals surface area contributed by atoms with E-state index in [-0.39, 0.29) is 5.56 Å². The van der Waals surface area contributed by atoms with Gasteiger partial charge in [0.15, 0.2) is 0 Å². The molecule has 29 heavy (non-hydrogen) atoms. The molecule has 2 aliphatic rings. The van der Waals surface area contributed by atoms with E-state index in [1.54, 1.807) is 6.20 Å². The average Bonchev–Trinajstić information content (AvgIpc) is 3.23. The van der Waals surface area contributed by atoms with Gasteiger partial charge in [-0.2, -0.15) is 0 Å². The lowest BCUT2D eigenvalue weighted by Crippen LogP contribution is -2.38. The Morgan fingerprint density at radius 3 is 2.79 bits per heavy atom. The second-order valence-corrected chi connectivity index (χ2v) is 7.90. The van der Waals surface area contributed by atoms with Crippen LogP contribution in [0.5, 0.6) is 0 Å². The SMILES string of the molecule is O=c1[nH]c(N2CCCCC2)nc2c1CCN(Cc1cccn1-c1cccnc1)C2. The molecule has 0 saturated carbocycles. The molecule has 0 aliphatic carbocycles. The zero-order valence-corrected chi connectivity index (χ0v) is 16.5. The number of aromatic nitrogens is 4. The summed E-state index contributed by atoms with van der Waals surface area (Å²) in [5.41, 5.74) is 4.09. The maximum Gasteiger partial charge on any atom is 0.255 e. The average molecular weight is 390 g/mol. The third-order valence-electron chi connectivity index (χ3n) is 5.94. The number of H-pyrrole nitrogens is 1. The van der Waals surface area contributed by atoms with Gasteiger partial charge in [-0.05, 0) is 49.9 Å². The van der Waals surface area contributed by atoms with Crippen molar-refractivity contribution in [3.63, 3.8) is 0 Å². The molecule has 150 valence electrons. The summed E-state index contributed by atoms with van der Waals surface area (Å²) in [5, 5.41) is 0. The summed E-state index contributed by atoms with van der Waals surface area (Å²) >= 11 is 0. The highest BCUT2D eigenvalue weighted by atomic mass is 16.1. The van der Waals surface area contributed by atoms with E-state index in [4.69, 9.17) is 4.98 Å². The standard InChI is InChI=1S/C22H26N6O/c29-21-19-8-13-26(15-18-7-5-12-28(18)17-6-4-9-23-14-17)16-20(19)24-22(25-21)27-10-2-1-3-11-27/h4-7,9,12,14H,1-3,8,10-11,13,15-16H2,(H,24,25,29). The molecular weight excluding hydrogens is 364 g/mol. The monoisotopic (exact) mass is 390 g/mol. The quantitative estimate of drug-likeness (QED) is 0.741. The summed E-state index contributed by atoms with van der Waals surface area (Å²) < 4.78 is 2.17. The predicted molar refractivity (Wildman–Crippen MR) is 112 cm³/mol. The summed E-state index contributed by atoms with van der Waals surface area (Å²) in [6.45, 7) is 4.33. The highest BCUT2D eigenvalue weighted by molar-refractivity contribution is 5.35. The Bertz CT molecular complexity index is 1030. The normalized spacial score (nSPS) is 17.3. The number of aromatic amines is 1. The van der Waals surface area contributed by atoms with Crippen LogP contribution in [-0.4, -0.2) is 44.1 Å². The van der Waals surface area contributed by atoms with Crippen molar-refractivity contribution in [2.75, 3.05) is 24.5 Å². The van der Waals surface area contributed by atoms with Crippen LogP contribution < -0.4 is 10.5 Å². The zero-order chi connectivity index (χ0) is 19.6. The third kappa shape index (κ3) is 3.70. The van der Waals surface area contributed by atoms with Gasteiger partial charge in [-0.15, -0.1) is 0 Å². The Labute approximate surface area is 170 Å². The Morgan fingerprint density at radius 1 is 1.07 bits per heavy atom. The van der Waals surface area contributed by atoms with Crippen LogP contribution in [0.4, 0.5) is 5.95 Å². The number of hydrogen-bond acceptors (Lipinski definition) is 5. The van der Waals surface area contributed by atoms with Crippen LogP contribution in [0.2, 0.25) is 0 Å². The van der Waals surface area contributed by atoms with Crippen LogP contribution in [-0.2, 0) is 19.5 Å². The van der Waals surface area contributed by atoms with Crippen LogP contribution >= 0.6 is 0 Å². The molecule has 0 spiro atoms. The van der Waals surface area contributed by atoms with Gasteiger partial charge in [0, 0.05) is 56.4 Å². The molecular formula is C22H26N6O. The highest BCUT2D eigenvalue weighted by Crippen LogP contribution is 2.21. The van der Waals surface area contributed by atoms with Crippen molar-refractivity contribution < 1.29 is 0 Å². The molecule has 5 heterocycles. The summed E-state index contributed by atoms with van der Waals surface area (Å²) in [5.74, 6) is 0.744. The third-order valence-corrected chi connectivity index (χ3v) is 5.94. The van der Waals surface area contributed by atoms with Crippen molar-refractivity contribution in [1.82, 2.24) is 24.4 Å². The van der Waals surface area contributed by atoms with E-state index in [1.165, 1.54) is 12.1 Å². The van der Waals surface area contributed by atoms with E-state index < -0.39 is 0 Å². The van der Waals surface area contributed by atoms with Gasteiger partial charge in [0.1, 0.15) is 0 Å². The van der Waals surface area contributed by atoms with Gasteiger partial charge in [0.05, 0.1) is 17.6 Å². The fourth-order valence-electron chi connectivity index (χ4n) is 4.39. The predicted octanol–water partition coefficient (Wildman–Crippen LogP) is 2.50. The molecule has 5 rings (SSSR count). The molecule has 3 aromatic rings. The van der Waals surface area contributed by atoms with E-state index in [9.17, 15) is 4.79 Å². The minimum Gasteiger partial charge on any atom is -0.342 e. The van der Waals surface area contributed by atoms with Gasteiger partial charge >= 0.3 is 0 Å². The largest absolute Gasteiger partial charge is 0.342 e. The second-order valence-electron chi connectivity index (χ2n) is 7.90. The van der Waals surface area contributed by atoms with E-state index in [0.29, 0.717) is 6.54 Å². The Hall–Kier alpha value is -2.93. The topological polar surface area (TPSA) is 70.1 Å². The van der Waals surface area contributed by atoms with Crippen LogP contribution in [0.1, 0.15) is 36.2 Å². The van der Waals surface area contributed by atoms with Crippen molar-refractivity contribution in [1.29, 1.82) is 0 Å². The summed E-state index contributed by atoms with van der Waals surface area (Å²) in [6, 6.07) is 8.23. The first kappa shape index (κ1) is 18.1. The first-order chi connectivity index (χ1) is 14.3. The molecule has 0 radical (unpaired) electrons. The van der Waals surface area contributed by atoms with Crippen molar-refractivity contribution in [3.05, 3.63) is 70.2 Å². The number of rotatable bonds is 4. The number of fused-ring (bicyclic) bond motifs is 1. The molecule has 7 heteroatoms. The molecule has 0 aromatic carbocycles. The molecule has 7 nitrogen and oxygen atoms in total. The van der Waals surface area contributed by atoms with Gasteiger partial charge < -0.3 is 9.47 Å². The van der Waals surface area contributed by atoms with Gasteiger partial charge in [0.2, 0.25) is 5.95 Å². The number of nitrogens with one attached hydrogen (secondary N) is 1. The smallest absolute Gasteiger partial charge is 0.255 e. The maximum atomic E-state index is 12.6. The number of nitrogens with zero attached hydrogens (tertiary/aromatic N) is 5. The first-order valence-corrected chi connectivity index (χ1v) is 10.4. The number of hydrogen-bond donors (Lipinski definition) is 1. The van der Waals surface area contributed by atoms with Gasteiger partial charge in [0.25, 0.3) is 5.56 Å². The highest BCUT2D eigenvalue weighted by Gasteiger charge is 2.23. The molecule has 0 atom stereocenters. The molecule has 2 aliphatic heterocycles. The lowest BCUT2D eigenvalue weighted by molar-refractivity contribution is 0.236. The zero-order valence-electron chi connectivity index (χ0n) is 16.5. The molecule has 0 amide bonds. The molecule has 0 unspecified atom stereocenters. The van der Waals surface area contributed by atoms with Crippen molar-refractivity contribution in [2.45, 2.75) is 38.8 Å². The molecule has 1 fully saturated rings. The molecule has 1 saturated heterocycles. The summed E-state index contributed by atoms with van der Waals surface area (Å²) in [7, 11) is 0. The van der Waals surface area contributed by atoms with E-state index in [2.05, 4.69) is 48.7 Å². The van der Waals surface area contributed by atoms with Crippen LogP contribution in [0.15, 0.2) is 47.7 Å². The number of piperidine rings is 1. The fourth-order valence-corrected chi connectivity index (χ4v) is 4.39. The molecule has 1 N–H and O–H groups in total. The summed E-state index contributed by atoms with van der Waals surface area (Å²) in [4.78, 5) is 29.4. The lowest BCUT2D eigenvalue weighted by atomic mass is 10.1. The first-order valence-electron chi connectivity index (χ1n) is 10.4. The number of anilines is 1. The Morgan fingerprint density at radius 2 is 1.97 bits per heavy atom. The lowest BCUT2D eigenvalue weighted by Gasteiger charge is -2.31. The van der Waals surface area contributed by atoms with E-state index in [1.807, 2.05) is 12.3 Å².